The monoisotopic (exact) mass is 293 g/mol. The predicted octanol–water partition coefficient (Wildman–Crippen LogP) is 3.01. The van der Waals surface area contributed by atoms with Crippen molar-refractivity contribution in [1.29, 1.82) is 0 Å². The normalized spacial score (nSPS) is 11.8. The first-order valence-electron chi connectivity index (χ1n) is 6.34. The number of carbonyl (C=O) groups excluding carboxylic acids is 1. The number of rotatable bonds is 4. The number of anilines is 1. The molecule has 1 aromatic heterocycles. The van der Waals surface area contributed by atoms with Crippen LogP contribution in [0.5, 0.6) is 5.75 Å². The van der Waals surface area contributed by atoms with Crippen LogP contribution in [0, 0.1) is 12.7 Å². The van der Waals surface area contributed by atoms with Gasteiger partial charge >= 0.3 is 6.03 Å². The number of carbonyl (C=O) groups is 1. The van der Waals surface area contributed by atoms with Crippen LogP contribution < -0.4 is 15.4 Å². The van der Waals surface area contributed by atoms with Gasteiger partial charge in [-0.25, -0.2) is 9.18 Å². The smallest absolute Gasteiger partial charge is 0.320 e. The van der Waals surface area contributed by atoms with Gasteiger partial charge in [0.2, 0.25) is 0 Å². The molecule has 0 spiro atoms. The van der Waals surface area contributed by atoms with Gasteiger partial charge in [0.25, 0.3) is 0 Å². The van der Waals surface area contributed by atoms with Gasteiger partial charge < -0.3 is 14.6 Å². The van der Waals surface area contributed by atoms with Gasteiger partial charge in [-0.05, 0) is 31.5 Å². The third kappa shape index (κ3) is 3.71. The van der Waals surface area contributed by atoms with E-state index < -0.39 is 11.8 Å². The maximum Gasteiger partial charge on any atom is 0.320 e. The number of halogens is 1. The summed E-state index contributed by atoms with van der Waals surface area (Å²) in [5.41, 5.74) is 0.625. The Morgan fingerprint density at radius 3 is 2.76 bits per heavy atom. The minimum Gasteiger partial charge on any atom is -0.494 e. The van der Waals surface area contributed by atoms with E-state index in [1.807, 2.05) is 0 Å². The van der Waals surface area contributed by atoms with Crippen molar-refractivity contribution >= 4 is 11.8 Å². The van der Waals surface area contributed by atoms with Crippen molar-refractivity contribution in [3.63, 3.8) is 0 Å². The van der Waals surface area contributed by atoms with Crippen LogP contribution in [0.25, 0.3) is 0 Å². The summed E-state index contributed by atoms with van der Waals surface area (Å²) in [6.07, 6.45) is 0. The van der Waals surface area contributed by atoms with Crippen LogP contribution in [-0.4, -0.2) is 18.3 Å². The van der Waals surface area contributed by atoms with E-state index in [9.17, 15) is 9.18 Å². The highest BCUT2D eigenvalue weighted by atomic mass is 19.1. The molecule has 0 radical (unpaired) electrons. The molecule has 0 saturated heterocycles. The van der Waals surface area contributed by atoms with E-state index in [0.29, 0.717) is 17.1 Å². The van der Waals surface area contributed by atoms with E-state index in [1.54, 1.807) is 26.0 Å². The molecule has 0 aliphatic rings. The number of nitrogens with one attached hydrogen (secondary N) is 2. The molecule has 0 fully saturated rings. The molecule has 7 heteroatoms. The van der Waals surface area contributed by atoms with Crippen LogP contribution in [0.2, 0.25) is 0 Å². The number of urea groups is 1. The van der Waals surface area contributed by atoms with Crippen LogP contribution in [0.1, 0.15) is 24.3 Å². The number of amides is 2. The number of methoxy groups -OCH3 is 1. The largest absolute Gasteiger partial charge is 0.494 e. The SMILES string of the molecule is COc1ccc([C@@H](C)NC(=O)Nc2cc(C)on2)cc1F. The first-order chi connectivity index (χ1) is 9.99. The molecule has 0 unspecified atom stereocenters. The molecule has 6 nitrogen and oxygen atoms in total. The van der Waals surface area contributed by atoms with Gasteiger partial charge in [0, 0.05) is 6.07 Å². The summed E-state index contributed by atoms with van der Waals surface area (Å²) in [6.45, 7) is 3.47. The van der Waals surface area contributed by atoms with Crippen molar-refractivity contribution in [3.8, 4) is 5.75 Å². The van der Waals surface area contributed by atoms with Crippen molar-refractivity contribution in [3.05, 3.63) is 41.4 Å². The molecule has 0 aliphatic carbocycles. The maximum atomic E-state index is 13.6. The molecule has 21 heavy (non-hydrogen) atoms. The Morgan fingerprint density at radius 2 is 2.19 bits per heavy atom. The number of benzene rings is 1. The molecule has 0 aliphatic heterocycles. The lowest BCUT2D eigenvalue weighted by Gasteiger charge is -2.15. The Hall–Kier alpha value is -2.57. The van der Waals surface area contributed by atoms with E-state index in [4.69, 9.17) is 9.26 Å². The Labute approximate surface area is 121 Å². The fourth-order valence-corrected chi connectivity index (χ4v) is 1.81. The van der Waals surface area contributed by atoms with E-state index >= 15 is 0 Å². The van der Waals surface area contributed by atoms with Gasteiger partial charge in [-0.3, -0.25) is 5.32 Å². The minimum atomic E-state index is -0.476. The molecular weight excluding hydrogens is 277 g/mol. The average Bonchev–Trinajstić information content (AvgIpc) is 2.83. The minimum absolute atomic E-state index is 0.161. The second-order valence-electron chi connectivity index (χ2n) is 4.54. The number of aromatic nitrogens is 1. The number of nitrogens with zero attached hydrogens (tertiary/aromatic N) is 1. The van der Waals surface area contributed by atoms with E-state index in [-0.39, 0.29) is 11.8 Å². The number of hydrogen-bond donors (Lipinski definition) is 2. The van der Waals surface area contributed by atoms with Gasteiger partial charge in [0.15, 0.2) is 17.4 Å². The van der Waals surface area contributed by atoms with Crippen molar-refractivity contribution in [1.82, 2.24) is 10.5 Å². The second-order valence-corrected chi connectivity index (χ2v) is 4.54. The zero-order chi connectivity index (χ0) is 15.4. The number of ether oxygens (including phenoxy) is 1. The zero-order valence-electron chi connectivity index (χ0n) is 11.9. The second kappa shape index (κ2) is 6.25. The first-order valence-corrected chi connectivity index (χ1v) is 6.34. The number of hydrogen-bond acceptors (Lipinski definition) is 4. The summed E-state index contributed by atoms with van der Waals surface area (Å²) in [7, 11) is 1.40. The Balaban J connectivity index is 1.98. The molecule has 2 aromatic rings. The lowest BCUT2D eigenvalue weighted by molar-refractivity contribution is 0.249. The third-order valence-corrected chi connectivity index (χ3v) is 2.89. The molecule has 0 saturated carbocycles. The standard InChI is InChI=1S/C14H16FN3O3/c1-8-6-13(18-21-8)17-14(19)16-9(2)10-4-5-12(20-3)11(15)7-10/h4-7,9H,1-3H3,(H2,16,17,18,19)/t9-/m1/s1. The van der Waals surface area contributed by atoms with Crippen LogP contribution >= 0.6 is 0 Å². The van der Waals surface area contributed by atoms with Gasteiger partial charge in [-0.1, -0.05) is 11.2 Å². The molecule has 112 valence electrons. The van der Waals surface area contributed by atoms with E-state index in [1.165, 1.54) is 19.2 Å². The average molecular weight is 293 g/mol. The third-order valence-electron chi connectivity index (χ3n) is 2.89. The van der Waals surface area contributed by atoms with Crippen molar-refractivity contribution in [2.24, 2.45) is 0 Å². The first kappa shape index (κ1) is 14.8. The molecular formula is C14H16FN3O3. The fourth-order valence-electron chi connectivity index (χ4n) is 1.81. The van der Waals surface area contributed by atoms with Gasteiger partial charge in [-0.2, -0.15) is 0 Å². The maximum absolute atomic E-state index is 13.6. The molecule has 1 atom stereocenters. The van der Waals surface area contributed by atoms with Crippen molar-refractivity contribution < 1.29 is 18.4 Å². The quantitative estimate of drug-likeness (QED) is 0.908. The van der Waals surface area contributed by atoms with Crippen molar-refractivity contribution in [2.75, 3.05) is 12.4 Å². The Kier molecular flexibility index (Phi) is 4.42. The van der Waals surface area contributed by atoms with Crippen LogP contribution in [0.4, 0.5) is 15.0 Å². The number of aryl methyl sites for hydroxylation is 1. The lowest BCUT2D eigenvalue weighted by atomic mass is 10.1. The topological polar surface area (TPSA) is 76.4 Å². The van der Waals surface area contributed by atoms with Gasteiger partial charge in [0.05, 0.1) is 13.2 Å². The van der Waals surface area contributed by atoms with Crippen molar-refractivity contribution in [2.45, 2.75) is 19.9 Å². The molecule has 1 heterocycles. The molecule has 2 amide bonds. The van der Waals surface area contributed by atoms with Gasteiger partial charge in [-0.15, -0.1) is 0 Å². The summed E-state index contributed by atoms with van der Waals surface area (Å²) < 4.78 is 23.3. The highest BCUT2D eigenvalue weighted by Crippen LogP contribution is 2.21. The van der Waals surface area contributed by atoms with Crippen LogP contribution in [-0.2, 0) is 0 Å². The van der Waals surface area contributed by atoms with E-state index in [0.717, 1.165) is 0 Å². The summed E-state index contributed by atoms with van der Waals surface area (Å²) in [4.78, 5) is 11.8. The molecule has 1 aromatic carbocycles. The fraction of sp³-hybridized carbons (Fsp3) is 0.286. The summed E-state index contributed by atoms with van der Waals surface area (Å²) in [5, 5.41) is 8.86. The lowest BCUT2D eigenvalue weighted by Crippen LogP contribution is -2.31. The predicted molar refractivity (Wildman–Crippen MR) is 74.8 cm³/mol. The summed E-state index contributed by atoms with van der Waals surface area (Å²) >= 11 is 0. The molecule has 0 bridgehead atoms. The van der Waals surface area contributed by atoms with E-state index in [2.05, 4.69) is 15.8 Å². The highest BCUT2D eigenvalue weighted by Gasteiger charge is 2.13. The molecule has 2 rings (SSSR count). The summed E-state index contributed by atoms with van der Waals surface area (Å²) in [5.74, 6) is 0.596. The Bertz CT molecular complexity index is 642. The Morgan fingerprint density at radius 1 is 1.43 bits per heavy atom. The van der Waals surface area contributed by atoms with Gasteiger partial charge in [0.1, 0.15) is 5.76 Å². The summed E-state index contributed by atoms with van der Waals surface area (Å²) in [6, 6.07) is 5.29. The zero-order valence-corrected chi connectivity index (χ0v) is 11.9. The van der Waals surface area contributed by atoms with Crippen LogP contribution in [0.3, 0.4) is 0 Å². The van der Waals surface area contributed by atoms with Crippen LogP contribution in [0.15, 0.2) is 28.8 Å². The molecule has 2 N–H and O–H groups in total. The highest BCUT2D eigenvalue weighted by molar-refractivity contribution is 5.88.